The number of hydrogen-bond acceptors (Lipinski definition) is 8. The first-order chi connectivity index (χ1) is 12.3. The Morgan fingerprint density at radius 3 is 2.26 bits per heavy atom. The zero-order valence-corrected chi connectivity index (χ0v) is 17.4. The van der Waals surface area contributed by atoms with Gasteiger partial charge in [-0.3, -0.25) is 19.6 Å². The van der Waals surface area contributed by atoms with Crippen LogP contribution in [0.5, 0.6) is 5.75 Å². The van der Waals surface area contributed by atoms with Crippen molar-refractivity contribution in [2.45, 2.75) is 19.6 Å². The average Bonchev–Trinajstić information content (AvgIpc) is 2.58. The molecule has 1 atom stereocenters. The fourth-order valence-electron chi connectivity index (χ4n) is 3.03. The van der Waals surface area contributed by atoms with Gasteiger partial charge < -0.3 is 19.1 Å². The minimum atomic E-state index is -3.69. The summed E-state index contributed by atoms with van der Waals surface area (Å²) in [6.45, 7) is 6.38. The molecule has 0 spiro atoms. The number of hydrogen-bond donors (Lipinski definition) is 1. The lowest BCUT2D eigenvalue weighted by Crippen LogP contribution is -2.46. The maximum Gasteiger partial charge on any atom is 0.352 e. The van der Waals surface area contributed by atoms with Gasteiger partial charge in [0.15, 0.2) is 0 Å². The van der Waals surface area contributed by atoms with E-state index in [0.29, 0.717) is 13.1 Å². The predicted octanol–water partition coefficient (Wildman–Crippen LogP) is 3.23. The van der Waals surface area contributed by atoms with Crippen LogP contribution in [-0.2, 0) is 13.6 Å². The van der Waals surface area contributed by atoms with Crippen LogP contribution in [0.25, 0.3) is 0 Å². The molecule has 11 heteroatoms. The van der Waals surface area contributed by atoms with E-state index in [4.69, 9.17) is 9.05 Å². The van der Waals surface area contributed by atoms with E-state index in [1.807, 2.05) is 11.9 Å². The molecule has 0 aromatic heterocycles. The number of phenolic OH excluding ortho intramolecular Hbond substituents is 1. The molecule has 0 amide bonds. The molecule has 0 bridgehead atoms. The van der Waals surface area contributed by atoms with Crippen LogP contribution in [0.1, 0.15) is 25.2 Å². The van der Waals surface area contributed by atoms with Crippen LogP contribution < -0.4 is 0 Å². The summed E-state index contributed by atoms with van der Waals surface area (Å²) in [6.07, 6.45) is 0. The first kappa shape index (κ1) is 23.8. The highest BCUT2D eigenvalue weighted by Crippen LogP contribution is 2.63. The van der Waals surface area contributed by atoms with Gasteiger partial charge in [-0.1, -0.05) is 0 Å². The van der Waals surface area contributed by atoms with Crippen LogP contribution in [0.15, 0.2) is 18.2 Å². The Kier molecular flexibility index (Phi) is 9.14. The van der Waals surface area contributed by atoms with Crippen molar-refractivity contribution >= 4 is 25.7 Å². The molecule has 1 fully saturated rings. The summed E-state index contributed by atoms with van der Waals surface area (Å²) in [7, 11) is -1.70. The van der Waals surface area contributed by atoms with E-state index >= 15 is 0 Å². The number of non-ortho nitro benzene ring substituents is 1. The van der Waals surface area contributed by atoms with E-state index in [1.165, 1.54) is 18.2 Å². The number of nitro benzene ring substituents is 1. The third-order valence-electron chi connectivity index (χ3n) is 4.30. The number of rotatable bonds is 8. The summed E-state index contributed by atoms with van der Waals surface area (Å²) in [5.74, 6) is -1.07. The molecule has 0 saturated carbocycles. The van der Waals surface area contributed by atoms with Gasteiger partial charge in [0.25, 0.3) is 5.69 Å². The van der Waals surface area contributed by atoms with E-state index < -0.39 is 18.3 Å². The first-order valence-electron chi connectivity index (χ1n) is 8.61. The molecule has 2 rings (SSSR count). The zero-order chi connectivity index (χ0) is 19.3. The molecular weight excluding hydrogens is 397 g/mol. The maximum absolute atomic E-state index is 13.5. The number of piperazine rings is 1. The lowest BCUT2D eigenvalue weighted by molar-refractivity contribution is -0.385. The number of benzene rings is 1. The number of halogens is 1. The first-order valence-corrected chi connectivity index (χ1v) is 10.2. The lowest BCUT2D eigenvalue weighted by Gasteiger charge is -2.40. The molecule has 1 unspecified atom stereocenters. The molecule has 1 aliphatic rings. The third kappa shape index (κ3) is 5.63. The van der Waals surface area contributed by atoms with Gasteiger partial charge in [-0.25, -0.2) is 0 Å². The van der Waals surface area contributed by atoms with Gasteiger partial charge in [0.05, 0.1) is 18.1 Å². The minimum absolute atomic E-state index is 0. The van der Waals surface area contributed by atoms with Crippen molar-refractivity contribution in [3.63, 3.8) is 0 Å². The Bertz CT molecular complexity index is 674. The third-order valence-corrected chi connectivity index (χ3v) is 6.74. The van der Waals surface area contributed by atoms with Crippen molar-refractivity contribution in [1.82, 2.24) is 9.80 Å². The Labute approximate surface area is 165 Å². The van der Waals surface area contributed by atoms with Crippen LogP contribution in [0.3, 0.4) is 0 Å². The molecule has 9 nitrogen and oxygen atoms in total. The topological polar surface area (TPSA) is 105 Å². The van der Waals surface area contributed by atoms with Gasteiger partial charge in [-0.2, -0.15) is 0 Å². The van der Waals surface area contributed by atoms with Crippen molar-refractivity contribution in [3.8, 4) is 5.75 Å². The molecule has 1 aromatic carbocycles. The molecule has 27 heavy (non-hydrogen) atoms. The summed E-state index contributed by atoms with van der Waals surface area (Å²) in [4.78, 5) is 14.7. The average molecular weight is 424 g/mol. The minimum Gasteiger partial charge on any atom is -0.508 e. The predicted molar refractivity (Wildman–Crippen MR) is 105 cm³/mol. The monoisotopic (exact) mass is 423 g/mol. The second-order valence-electron chi connectivity index (χ2n) is 6.09. The van der Waals surface area contributed by atoms with Crippen molar-refractivity contribution in [1.29, 1.82) is 0 Å². The van der Waals surface area contributed by atoms with E-state index in [0.717, 1.165) is 13.1 Å². The molecule has 1 heterocycles. The van der Waals surface area contributed by atoms with Gasteiger partial charge in [0.2, 0.25) is 0 Å². The molecule has 1 aliphatic heterocycles. The van der Waals surface area contributed by atoms with Gasteiger partial charge >= 0.3 is 7.60 Å². The van der Waals surface area contributed by atoms with Crippen molar-refractivity contribution in [2.24, 2.45) is 0 Å². The van der Waals surface area contributed by atoms with Crippen LogP contribution in [0.4, 0.5) is 5.69 Å². The number of phenols is 1. The summed E-state index contributed by atoms with van der Waals surface area (Å²) < 4.78 is 24.6. The van der Waals surface area contributed by atoms with Crippen molar-refractivity contribution in [3.05, 3.63) is 33.9 Å². The smallest absolute Gasteiger partial charge is 0.352 e. The Morgan fingerprint density at radius 1 is 1.22 bits per heavy atom. The van der Waals surface area contributed by atoms with Crippen LogP contribution in [0.2, 0.25) is 0 Å². The molecule has 1 N–H and O–H groups in total. The zero-order valence-electron chi connectivity index (χ0n) is 15.7. The highest BCUT2D eigenvalue weighted by Gasteiger charge is 2.43. The fraction of sp³-hybridized carbons (Fsp3) is 0.625. The molecule has 1 aromatic rings. The molecule has 0 aliphatic carbocycles. The highest BCUT2D eigenvalue weighted by atomic mass is 35.5. The molecule has 0 radical (unpaired) electrons. The Balaban J connectivity index is 0.00000364. The normalized spacial score (nSPS) is 17.3. The second kappa shape index (κ2) is 10.4. The van der Waals surface area contributed by atoms with E-state index in [-0.39, 0.29) is 42.6 Å². The summed E-state index contributed by atoms with van der Waals surface area (Å²) in [6, 6.07) is 3.72. The second-order valence-corrected chi connectivity index (χ2v) is 8.17. The SMILES string of the molecule is CCOP(=O)(OCC)C(c1cc([N+](=O)[O-])ccc1O)N1CCN(C)CC1.Cl. The quantitative estimate of drug-likeness (QED) is 0.386. The van der Waals surface area contributed by atoms with Crippen molar-refractivity contribution in [2.75, 3.05) is 46.4 Å². The van der Waals surface area contributed by atoms with Crippen LogP contribution in [0, 0.1) is 10.1 Å². The van der Waals surface area contributed by atoms with Gasteiger partial charge in [0.1, 0.15) is 11.5 Å². The van der Waals surface area contributed by atoms with Crippen LogP contribution >= 0.6 is 20.0 Å². The summed E-state index contributed by atoms with van der Waals surface area (Å²) >= 11 is 0. The number of likely N-dealkylation sites (N-methyl/N-ethyl adjacent to an activating group) is 1. The number of aromatic hydroxyl groups is 1. The molecular formula is C16H27ClN3O6P. The molecule has 154 valence electrons. The Morgan fingerprint density at radius 2 is 1.78 bits per heavy atom. The van der Waals surface area contributed by atoms with Crippen LogP contribution in [-0.4, -0.2) is 66.3 Å². The summed E-state index contributed by atoms with van der Waals surface area (Å²) in [5, 5.41) is 21.6. The van der Waals surface area contributed by atoms with Gasteiger partial charge in [-0.15, -0.1) is 12.4 Å². The van der Waals surface area contributed by atoms with Gasteiger partial charge in [-0.05, 0) is 27.0 Å². The maximum atomic E-state index is 13.5. The van der Waals surface area contributed by atoms with E-state index in [2.05, 4.69) is 4.90 Å². The number of nitrogens with zero attached hydrogens (tertiary/aromatic N) is 3. The number of nitro groups is 1. The highest BCUT2D eigenvalue weighted by molar-refractivity contribution is 7.54. The standard InChI is InChI=1S/C16H26N3O6P.ClH/c1-4-24-26(23,25-5-2)16(18-10-8-17(3)9-11-18)14-12-13(19(21)22)6-7-15(14)20;/h6-7,12,16,20H,4-5,8-11H2,1-3H3;1H. The van der Waals surface area contributed by atoms with Gasteiger partial charge in [0, 0.05) is 43.9 Å². The fourth-order valence-corrected chi connectivity index (χ4v) is 5.29. The summed E-state index contributed by atoms with van der Waals surface area (Å²) in [5.41, 5.74) is 0.00506. The lowest BCUT2D eigenvalue weighted by atomic mass is 10.1. The van der Waals surface area contributed by atoms with E-state index in [9.17, 15) is 19.8 Å². The largest absolute Gasteiger partial charge is 0.508 e. The molecule has 1 saturated heterocycles. The van der Waals surface area contributed by atoms with Crippen molar-refractivity contribution < 1.29 is 23.6 Å². The van der Waals surface area contributed by atoms with E-state index in [1.54, 1.807) is 13.8 Å². The Hall–Kier alpha value is -1.22.